The molecule has 1 aromatic heterocycles. The number of nitrogens with one attached hydrogen (secondary N) is 1. The lowest BCUT2D eigenvalue weighted by molar-refractivity contribution is 0.989. The van der Waals surface area contributed by atoms with Gasteiger partial charge >= 0.3 is 0 Å². The SMILES string of the molecule is CC(C)=CCc1ncc([C@H](C)S)[nH]1. The summed E-state index contributed by atoms with van der Waals surface area (Å²) in [6.45, 7) is 6.21. The predicted octanol–water partition coefficient (Wildman–Crippen LogP) is 2.91. The van der Waals surface area contributed by atoms with Gasteiger partial charge in [0.2, 0.25) is 0 Å². The first-order valence-corrected chi connectivity index (χ1v) is 4.96. The van der Waals surface area contributed by atoms with Gasteiger partial charge in [-0.15, -0.1) is 0 Å². The van der Waals surface area contributed by atoms with Gasteiger partial charge in [0.05, 0.1) is 0 Å². The first-order valence-electron chi connectivity index (χ1n) is 4.45. The Balaban J connectivity index is 2.64. The summed E-state index contributed by atoms with van der Waals surface area (Å²) in [5, 5.41) is 0.230. The molecule has 0 saturated heterocycles. The van der Waals surface area contributed by atoms with E-state index in [-0.39, 0.29) is 5.25 Å². The van der Waals surface area contributed by atoms with E-state index < -0.39 is 0 Å². The molecule has 72 valence electrons. The molecule has 1 atom stereocenters. The zero-order chi connectivity index (χ0) is 9.84. The Kier molecular flexibility index (Phi) is 3.60. The van der Waals surface area contributed by atoms with Gasteiger partial charge in [0, 0.05) is 23.6 Å². The van der Waals surface area contributed by atoms with Crippen LogP contribution in [0.1, 0.15) is 37.5 Å². The number of H-pyrrole nitrogens is 1. The van der Waals surface area contributed by atoms with Crippen LogP contribution >= 0.6 is 12.6 Å². The average molecular weight is 196 g/mol. The number of thiol groups is 1. The van der Waals surface area contributed by atoms with E-state index in [4.69, 9.17) is 0 Å². The van der Waals surface area contributed by atoms with E-state index in [0.29, 0.717) is 0 Å². The molecular formula is C10H16N2S. The molecule has 0 fully saturated rings. The van der Waals surface area contributed by atoms with Crippen LogP contribution in [0.3, 0.4) is 0 Å². The summed E-state index contributed by atoms with van der Waals surface area (Å²) in [6, 6.07) is 0. The third-order valence-corrected chi connectivity index (χ3v) is 2.08. The maximum Gasteiger partial charge on any atom is 0.110 e. The summed E-state index contributed by atoms with van der Waals surface area (Å²) in [6.07, 6.45) is 4.89. The highest BCUT2D eigenvalue weighted by molar-refractivity contribution is 7.80. The number of imidazole rings is 1. The van der Waals surface area contributed by atoms with E-state index in [9.17, 15) is 0 Å². The molecule has 0 radical (unpaired) electrons. The Hall–Kier alpha value is -0.700. The standard InChI is InChI=1S/C10H16N2S/c1-7(2)4-5-10-11-6-9(12-10)8(3)13/h4,6,8,13H,5H2,1-3H3,(H,11,12)/t8-/m0/s1. The predicted molar refractivity (Wildman–Crippen MR) is 59.1 cm³/mol. The third kappa shape index (κ3) is 3.27. The normalized spacial score (nSPS) is 12.6. The van der Waals surface area contributed by atoms with Gasteiger partial charge in [0.1, 0.15) is 5.82 Å². The van der Waals surface area contributed by atoms with Crippen LogP contribution < -0.4 is 0 Å². The minimum Gasteiger partial charge on any atom is -0.345 e. The number of nitrogens with zero attached hydrogens (tertiary/aromatic N) is 1. The first kappa shape index (κ1) is 10.4. The zero-order valence-corrected chi connectivity index (χ0v) is 9.23. The fourth-order valence-corrected chi connectivity index (χ4v) is 1.13. The lowest BCUT2D eigenvalue weighted by Crippen LogP contribution is -1.87. The van der Waals surface area contributed by atoms with E-state index in [1.807, 2.05) is 13.1 Å². The van der Waals surface area contributed by atoms with Crippen molar-refractivity contribution < 1.29 is 0 Å². The van der Waals surface area contributed by atoms with E-state index >= 15 is 0 Å². The van der Waals surface area contributed by atoms with Gasteiger partial charge in [0.25, 0.3) is 0 Å². The topological polar surface area (TPSA) is 28.7 Å². The van der Waals surface area contributed by atoms with Crippen molar-refractivity contribution in [3.63, 3.8) is 0 Å². The Labute approximate surface area is 84.9 Å². The molecule has 1 aromatic rings. The summed E-state index contributed by atoms with van der Waals surface area (Å²) in [5.41, 5.74) is 2.40. The van der Waals surface area contributed by atoms with Crippen molar-refractivity contribution in [3.8, 4) is 0 Å². The average Bonchev–Trinajstić information content (AvgIpc) is 2.48. The molecular weight excluding hydrogens is 180 g/mol. The molecule has 3 heteroatoms. The van der Waals surface area contributed by atoms with Gasteiger partial charge in [-0.25, -0.2) is 4.98 Å². The lowest BCUT2D eigenvalue weighted by Gasteiger charge is -1.97. The first-order chi connectivity index (χ1) is 6.09. The summed E-state index contributed by atoms with van der Waals surface area (Å²) in [7, 11) is 0. The number of aromatic amines is 1. The van der Waals surface area contributed by atoms with Crippen LogP contribution in [0.5, 0.6) is 0 Å². The minimum atomic E-state index is 0.230. The minimum absolute atomic E-state index is 0.230. The number of hydrogen-bond donors (Lipinski definition) is 2. The van der Waals surface area contributed by atoms with Crippen LogP contribution in [0.25, 0.3) is 0 Å². The summed E-state index contributed by atoms with van der Waals surface area (Å²) in [5.74, 6) is 1.01. The molecule has 0 amide bonds. The van der Waals surface area contributed by atoms with Crippen LogP contribution in [-0.2, 0) is 6.42 Å². The van der Waals surface area contributed by atoms with Gasteiger partial charge in [-0.2, -0.15) is 12.6 Å². The van der Waals surface area contributed by atoms with Crippen molar-refractivity contribution in [2.45, 2.75) is 32.4 Å². The smallest absolute Gasteiger partial charge is 0.110 e. The summed E-state index contributed by atoms with van der Waals surface area (Å²) >= 11 is 4.32. The summed E-state index contributed by atoms with van der Waals surface area (Å²) < 4.78 is 0. The maximum atomic E-state index is 4.32. The fourth-order valence-electron chi connectivity index (χ4n) is 0.995. The van der Waals surface area contributed by atoms with E-state index in [2.05, 4.69) is 42.5 Å². The number of allylic oxidation sites excluding steroid dienone is 2. The Morgan fingerprint density at radius 1 is 1.69 bits per heavy atom. The molecule has 0 aromatic carbocycles. The molecule has 2 nitrogen and oxygen atoms in total. The van der Waals surface area contributed by atoms with E-state index in [1.165, 1.54) is 5.57 Å². The molecule has 0 aliphatic rings. The molecule has 0 spiro atoms. The van der Waals surface area contributed by atoms with E-state index in [0.717, 1.165) is 17.9 Å². The van der Waals surface area contributed by atoms with Crippen LogP contribution in [0.4, 0.5) is 0 Å². The fraction of sp³-hybridized carbons (Fsp3) is 0.500. The molecule has 1 N–H and O–H groups in total. The molecule has 13 heavy (non-hydrogen) atoms. The van der Waals surface area contributed by atoms with Crippen molar-refractivity contribution in [2.24, 2.45) is 0 Å². The van der Waals surface area contributed by atoms with Gasteiger partial charge in [-0.3, -0.25) is 0 Å². The molecule has 0 unspecified atom stereocenters. The van der Waals surface area contributed by atoms with E-state index in [1.54, 1.807) is 0 Å². The number of aromatic nitrogens is 2. The highest BCUT2D eigenvalue weighted by Gasteiger charge is 2.02. The second-order valence-corrected chi connectivity index (χ2v) is 4.22. The highest BCUT2D eigenvalue weighted by atomic mass is 32.1. The molecule has 0 aliphatic carbocycles. The third-order valence-electron chi connectivity index (χ3n) is 1.80. The van der Waals surface area contributed by atoms with Crippen LogP contribution in [0.15, 0.2) is 17.8 Å². The van der Waals surface area contributed by atoms with Crippen molar-refractivity contribution >= 4 is 12.6 Å². The second kappa shape index (κ2) is 4.51. The number of hydrogen-bond acceptors (Lipinski definition) is 2. The van der Waals surface area contributed by atoms with Crippen LogP contribution in [0.2, 0.25) is 0 Å². The van der Waals surface area contributed by atoms with Crippen molar-refractivity contribution in [3.05, 3.63) is 29.4 Å². The van der Waals surface area contributed by atoms with Gasteiger partial charge < -0.3 is 4.98 Å². The second-order valence-electron chi connectivity index (χ2n) is 3.45. The highest BCUT2D eigenvalue weighted by Crippen LogP contribution is 2.16. The molecule has 0 saturated carbocycles. The number of rotatable bonds is 3. The Bertz CT molecular complexity index is 296. The molecule has 1 heterocycles. The van der Waals surface area contributed by atoms with Crippen molar-refractivity contribution in [1.29, 1.82) is 0 Å². The van der Waals surface area contributed by atoms with Gasteiger partial charge in [-0.1, -0.05) is 11.6 Å². The Morgan fingerprint density at radius 2 is 2.38 bits per heavy atom. The summed E-state index contributed by atoms with van der Waals surface area (Å²) in [4.78, 5) is 7.50. The Morgan fingerprint density at radius 3 is 2.85 bits per heavy atom. The van der Waals surface area contributed by atoms with Crippen LogP contribution in [0, 0.1) is 0 Å². The monoisotopic (exact) mass is 196 g/mol. The molecule has 1 rings (SSSR count). The maximum absolute atomic E-state index is 4.32. The van der Waals surface area contributed by atoms with Gasteiger partial charge in [-0.05, 0) is 20.8 Å². The zero-order valence-electron chi connectivity index (χ0n) is 8.33. The van der Waals surface area contributed by atoms with Crippen molar-refractivity contribution in [2.75, 3.05) is 0 Å². The lowest BCUT2D eigenvalue weighted by atomic mass is 10.2. The van der Waals surface area contributed by atoms with Crippen molar-refractivity contribution in [1.82, 2.24) is 9.97 Å². The largest absolute Gasteiger partial charge is 0.345 e. The van der Waals surface area contributed by atoms with Gasteiger partial charge in [0.15, 0.2) is 0 Å². The quantitative estimate of drug-likeness (QED) is 0.565. The molecule has 0 aliphatic heterocycles. The van der Waals surface area contributed by atoms with Crippen LogP contribution in [-0.4, -0.2) is 9.97 Å². The molecule has 0 bridgehead atoms.